The van der Waals surface area contributed by atoms with E-state index in [0.717, 1.165) is 15.7 Å². The molecule has 2 aromatic rings. The SMILES string of the molecule is CCOC(=O)c1nc(-c2c(OC)nc(C)c(Br)c2C)no1. The van der Waals surface area contributed by atoms with Crippen molar-refractivity contribution in [2.45, 2.75) is 20.8 Å². The van der Waals surface area contributed by atoms with Gasteiger partial charge in [-0.05, 0) is 42.3 Å². The lowest BCUT2D eigenvalue weighted by atomic mass is 10.1. The molecule has 0 saturated carbocycles. The van der Waals surface area contributed by atoms with E-state index in [2.05, 4.69) is 31.1 Å². The molecule has 0 saturated heterocycles. The van der Waals surface area contributed by atoms with Crippen molar-refractivity contribution < 1.29 is 18.8 Å². The van der Waals surface area contributed by atoms with Gasteiger partial charge < -0.3 is 14.0 Å². The lowest BCUT2D eigenvalue weighted by Crippen LogP contribution is -2.05. The van der Waals surface area contributed by atoms with Crippen molar-refractivity contribution in [2.75, 3.05) is 13.7 Å². The molecule has 0 aliphatic carbocycles. The number of halogens is 1. The van der Waals surface area contributed by atoms with Gasteiger partial charge in [0, 0.05) is 4.47 Å². The average Bonchev–Trinajstić information content (AvgIpc) is 2.94. The van der Waals surface area contributed by atoms with E-state index in [4.69, 9.17) is 14.0 Å². The third-order valence-corrected chi connectivity index (χ3v) is 3.97. The number of rotatable bonds is 4. The molecular formula is C13H14BrN3O4. The number of methoxy groups -OCH3 is 1. The second-order valence-electron chi connectivity index (χ2n) is 4.16. The molecule has 0 unspecified atom stereocenters. The van der Waals surface area contributed by atoms with Gasteiger partial charge in [0.2, 0.25) is 11.7 Å². The maximum Gasteiger partial charge on any atom is 0.397 e. The van der Waals surface area contributed by atoms with Crippen LogP contribution in [0.4, 0.5) is 0 Å². The van der Waals surface area contributed by atoms with Gasteiger partial charge in [0.25, 0.3) is 0 Å². The number of carbonyl (C=O) groups is 1. The fourth-order valence-corrected chi connectivity index (χ4v) is 2.10. The van der Waals surface area contributed by atoms with Crippen molar-refractivity contribution in [1.29, 1.82) is 0 Å². The second-order valence-corrected chi connectivity index (χ2v) is 4.96. The fraction of sp³-hybridized carbons (Fsp3) is 0.385. The maximum atomic E-state index is 11.6. The summed E-state index contributed by atoms with van der Waals surface area (Å²) in [5, 5.41) is 3.80. The van der Waals surface area contributed by atoms with Crippen LogP contribution in [-0.4, -0.2) is 34.8 Å². The zero-order valence-corrected chi connectivity index (χ0v) is 13.6. The van der Waals surface area contributed by atoms with Gasteiger partial charge in [-0.15, -0.1) is 0 Å². The Morgan fingerprint density at radius 1 is 1.33 bits per heavy atom. The molecule has 7 nitrogen and oxygen atoms in total. The van der Waals surface area contributed by atoms with Crippen molar-refractivity contribution in [2.24, 2.45) is 0 Å². The zero-order valence-electron chi connectivity index (χ0n) is 12.1. The summed E-state index contributed by atoms with van der Waals surface area (Å²) in [5.74, 6) is -0.276. The zero-order chi connectivity index (χ0) is 15.6. The van der Waals surface area contributed by atoms with Gasteiger partial charge in [-0.25, -0.2) is 9.78 Å². The molecule has 0 atom stereocenters. The van der Waals surface area contributed by atoms with E-state index in [9.17, 15) is 4.79 Å². The van der Waals surface area contributed by atoms with Crippen molar-refractivity contribution in [1.82, 2.24) is 15.1 Å². The van der Waals surface area contributed by atoms with Gasteiger partial charge >= 0.3 is 11.9 Å². The Bertz CT molecular complexity index is 684. The van der Waals surface area contributed by atoms with Crippen LogP contribution in [0.3, 0.4) is 0 Å². The van der Waals surface area contributed by atoms with Crippen molar-refractivity contribution in [3.05, 3.63) is 21.6 Å². The Balaban J connectivity index is 2.52. The van der Waals surface area contributed by atoms with Crippen LogP contribution in [0.2, 0.25) is 0 Å². The fourth-order valence-electron chi connectivity index (χ4n) is 1.81. The van der Waals surface area contributed by atoms with E-state index in [0.29, 0.717) is 11.4 Å². The van der Waals surface area contributed by atoms with Crippen LogP contribution in [0.1, 0.15) is 28.9 Å². The molecule has 0 aromatic carbocycles. The number of aromatic nitrogens is 3. The Kier molecular flexibility index (Phi) is 4.56. The third kappa shape index (κ3) is 2.90. The number of esters is 1. The molecule has 0 amide bonds. The molecule has 0 bridgehead atoms. The summed E-state index contributed by atoms with van der Waals surface area (Å²) in [4.78, 5) is 19.9. The molecule has 2 rings (SSSR count). The molecule has 0 aliphatic heterocycles. The molecule has 0 spiro atoms. The molecular weight excluding hydrogens is 342 g/mol. The second kappa shape index (κ2) is 6.21. The van der Waals surface area contributed by atoms with Gasteiger partial charge in [-0.3, -0.25) is 0 Å². The van der Waals surface area contributed by atoms with E-state index < -0.39 is 5.97 Å². The highest BCUT2D eigenvalue weighted by atomic mass is 79.9. The van der Waals surface area contributed by atoms with Crippen LogP contribution in [0.25, 0.3) is 11.4 Å². The predicted octanol–water partition coefficient (Wildman–Crippen LogP) is 2.70. The molecule has 112 valence electrons. The summed E-state index contributed by atoms with van der Waals surface area (Å²) in [6, 6.07) is 0. The Morgan fingerprint density at radius 3 is 2.67 bits per heavy atom. The summed E-state index contributed by atoms with van der Waals surface area (Å²) < 4.78 is 15.8. The number of hydrogen-bond donors (Lipinski definition) is 0. The molecule has 0 aliphatic rings. The van der Waals surface area contributed by atoms with Crippen molar-refractivity contribution in [3.8, 4) is 17.3 Å². The number of ether oxygens (including phenoxy) is 2. The number of carbonyl (C=O) groups excluding carboxylic acids is 1. The highest BCUT2D eigenvalue weighted by Crippen LogP contribution is 2.35. The third-order valence-electron chi connectivity index (χ3n) is 2.80. The Hall–Kier alpha value is -1.96. The predicted molar refractivity (Wildman–Crippen MR) is 77.2 cm³/mol. The van der Waals surface area contributed by atoms with Crippen LogP contribution in [-0.2, 0) is 4.74 Å². The van der Waals surface area contributed by atoms with Crippen LogP contribution >= 0.6 is 15.9 Å². The first-order valence-electron chi connectivity index (χ1n) is 6.21. The summed E-state index contributed by atoms with van der Waals surface area (Å²) in [7, 11) is 1.50. The summed E-state index contributed by atoms with van der Waals surface area (Å²) in [5.41, 5.74) is 2.19. The molecule has 8 heteroatoms. The molecule has 21 heavy (non-hydrogen) atoms. The lowest BCUT2D eigenvalue weighted by Gasteiger charge is -2.11. The lowest BCUT2D eigenvalue weighted by molar-refractivity contribution is 0.0470. The summed E-state index contributed by atoms with van der Waals surface area (Å²) in [6.07, 6.45) is 0. The number of hydrogen-bond acceptors (Lipinski definition) is 7. The normalized spacial score (nSPS) is 10.5. The monoisotopic (exact) mass is 355 g/mol. The highest BCUT2D eigenvalue weighted by molar-refractivity contribution is 9.10. The van der Waals surface area contributed by atoms with E-state index in [1.165, 1.54) is 7.11 Å². The Morgan fingerprint density at radius 2 is 2.05 bits per heavy atom. The van der Waals surface area contributed by atoms with Gasteiger partial charge in [-0.2, -0.15) is 4.98 Å². The van der Waals surface area contributed by atoms with Gasteiger partial charge in [-0.1, -0.05) is 5.16 Å². The topological polar surface area (TPSA) is 87.3 Å². The summed E-state index contributed by atoms with van der Waals surface area (Å²) >= 11 is 3.46. The largest absolute Gasteiger partial charge is 0.480 e. The average molecular weight is 356 g/mol. The highest BCUT2D eigenvalue weighted by Gasteiger charge is 2.23. The summed E-state index contributed by atoms with van der Waals surface area (Å²) in [6.45, 7) is 5.65. The molecule has 0 radical (unpaired) electrons. The van der Waals surface area contributed by atoms with Crippen LogP contribution in [0, 0.1) is 13.8 Å². The molecule has 0 fully saturated rings. The molecule has 0 N–H and O–H groups in total. The van der Waals surface area contributed by atoms with Crippen LogP contribution in [0.15, 0.2) is 9.00 Å². The van der Waals surface area contributed by atoms with Gasteiger partial charge in [0.15, 0.2) is 0 Å². The first kappa shape index (κ1) is 15.4. The van der Waals surface area contributed by atoms with Crippen molar-refractivity contribution >= 4 is 21.9 Å². The molecule has 2 heterocycles. The van der Waals surface area contributed by atoms with E-state index in [1.54, 1.807) is 6.92 Å². The number of pyridine rings is 1. The van der Waals surface area contributed by atoms with Gasteiger partial charge in [0.1, 0.15) is 0 Å². The molecule has 2 aromatic heterocycles. The van der Waals surface area contributed by atoms with Crippen LogP contribution in [0.5, 0.6) is 5.88 Å². The first-order valence-corrected chi connectivity index (χ1v) is 7.00. The van der Waals surface area contributed by atoms with E-state index in [1.807, 2.05) is 13.8 Å². The number of aryl methyl sites for hydroxylation is 1. The minimum atomic E-state index is -0.660. The first-order chi connectivity index (χ1) is 9.99. The van der Waals surface area contributed by atoms with Crippen LogP contribution < -0.4 is 4.74 Å². The van der Waals surface area contributed by atoms with Crippen molar-refractivity contribution in [3.63, 3.8) is 0 Å². The quantitative estimate of drug-likeness (QED) is 0.779. The smallest absolute Gasteiger partial charge is 0.397 e. The Labute approximate surface area is 129 Å². The minimum Gasteiger partial charge on any atom is -0.480 e. The van der Waals surface area contributed by atoms with E-state index in [-0.39, 0.29) is 18.3 Å². The standard InChI is InChI=1S/C13H14BrN3O4/c1-5-20-13(18)12-16-10(17-21-12)8-6(2)9(14)7(3)15-11(8)19-4/h5H2,1-4H3. The minimum absolute atomic E-state index is 0.204. The van der Waals surface area contributed by atoms with Gasteiger partial charge in [0.05, 0.1) is 25.0 Å². The maximum absolute atomic E-state index is 11.6. The number of nitrogens with zero attached hydrogens (tertiary/aromatic N) is 3. The van der Waals surface area contributed by atoms with E-state index >= 15 is 0 Å².